The smallest absolute Gasteiger partial charge is 0.316 e. The van der Waals surface area contributed by atoms with E-state index in [2.05, 4.69) is 45.2 Å². The van der Waals surface area contributed by atoms with Gasteiger partial charge in [-0.3, -0.25) is 0 Å². The van der Waals surface area contributed by atoms with Crippen LogP contribution >= 0.6 is 0 Å². The molecule has 22 heavy (non-hydrogen) atoms. The molecule has 0 aliphatic carbocycles. The Bertz CT molecular complexity index is 497. The molecule has 4 nitrogen and oxygen atoms in total. The summed E-state index contributed by atoms with van der Waals surface area (Å²) in [6, 6.07) is 13.0. The van der Waals surface area contributed by atoms with E-state index < -0.39 is 0 Å². The zero-order chi connectivity index (χ0) is 15.0. The highest BCUT2D eigenvalue weighted by Crippen LogP contribution is 2.17. The van der Waals surface area contributed by atoms with Crippen molar-refractivity contribution in [3.63, 3.8) is 0 Å². The fraction of sp³-hybridized carbons (Fsp3) is 0.444. The minimum atomic E-state index is 0.490. The molecule has 0 bridgehead atoms. The van der Waals surface area contributed by atoms with Gasteiger partial charge in [0, 0.05) is 31.4 Å². The summed E-state index contributed by atoms with van der Waals surface area (Å²) in [6.07, 6.45) is 7.04. The molecular formula is C18H23N3O. The molecule has 4 heteroatoms. The Morgan fingerprint density at radius 3 is 2.73 bits per heavy atom. The van der Waals surface area contributed by atoms with Gasteiger partial charge in [-0.15, -0.1) is 0 Å². The standard InChI is InChI=1S/C18H23N3O/c1-2-6-16(7-3-1)9-13-21-12-4-8-17(14-21)15-22-18-19-10-5-11-20-18/h1-3,5-7,10-11,17H,4,8-9,12-15H2. The second-order valence-electron chi connectivity index (χ2n) is 5.89. The van der Waals surface area contributed by atoms with Crippen molar-refractivity contribution in [2.45, 2.75) is 19.3 Å². The molecule has 116 valence electrons. The summed E-state index contributed by atoms with van der Waals surface area (Å²) in [5.74, 6) is 0.577. The lowest BCUT2D eigenvalue weighted by Gasteiger charge is -2.32. The lowest BCUT2D eigenvalue weighted by molar-refractivity contribution is 0.126. The molecule has 1 unspecified atom stereocenters. The first-order valence-electron chi connectivity index (χ1n) is 8.06. The van der Waals surface area contributed by atoms with Crippen LogP contribution in [0.4, 0.5) is 0 Å². The number of benzene rings is 1. The maximum Gasteiger partial charge on any atom is 0.316 e. The van der Waals surface area contributed by atoms with Crippen molar-refractivity contribution < 1.29 is 4.74 Å². The lowest BCUT2D eigenvalue weighted by atomic mass is 9.98. The summed E-state index contributed by atoms with van der Waals surface area (Å²) in [5, 5.41) is 0. The van der Waals surface area contributed by atoms with Crippen molar-refractivity contribution >= 4 is 0 Å². The number of nitrogens with zero attached hydrogens (tertiary/aromatic N) is 3. The van der Waals surface area contributed by atoms with Crippen molar-refractivity contribution in [2.75, 3.05) is 26.2 Å². The van der Waals surface area contributed by atoms with Gasteiger partial charge in [-0.1, -0.05) is 30.3 Å². The van der Waals surface area contributed by atoms with Gasteiger partial charge in [-0.2, -0.15) is 0 Å². The van der Waals surface area contributed by atoms with Gasteiger partial charge in [-0.05, 0) is 37.4 Å². The van der Waals surface area contributed by atoms with Crippen LogP contribution in [0.3, 0.4) is 0 Å². The molecule has 1 aliphatic heterocycles. The average molecular weight is 297 g/mol. The molecule has 1 saturated heterocycles. The monoisotopic (exact) mass is 297 g/mol. The van der Waals surface area contributed by atoms with Crippen LogP contribution in [0.15, 0.2) is 48.8 Å². The third-order valence-corrected chi connectivity index (χ3v) is 4.15. The summed E-state index contributed by atoms with van der Waals surface area (Å²) in [5.41, 5.74) is 1.42. The molecule has 1 aromatic heterocycles. The number of hydrogen-bond donors (Lipinski definition) is 0. The van der Waals surface area contributed by atoms with Crippen molar-refractivity contribution in [3.8, 4) is 6.01 Å². The zero-order valence-corrected chi connectivity index (χ0v) is 12.9. The van der Waals surface area contributed by atoms with E-state index in [0.29, 0.717) is 18.5 Å². The average Bonchev–Trinajstić information content (AvgIpc) is 2.60. The number of likely N-dealkylation sites (tertiary alicyclic amines) is 1. The zero-order valence-electron chi connectivity index (χ0n) is 12.9. The summed E-state index contributed by atoms with van der Waals surface area (Å²) in [7, 11) is 0. The first kappa shape index (κ1) is 15.0. The van der Waals surface area contributed by atoms with Gasteiger partial charge in [0.1, 0.15) is 0 Å². The van der Waals surface area contributed by atoms with Crippen molar-refractivity contribution in [2.24, 2.45) is 5.92 Å². The quantitative estimate of drug-likeness (QED) is 0.822. The molecule has 1 aliphatic rings. The van der Waals surface area contributed by atoms with E-state index in [1.807, 2.05) is 0 Å². The van der Waals surface area contributed by atoms with Crippen LogP contribution in [0.5, 0.6) is 6.01 Å². The summed E-state index contributed by atoms with van der Waals surface area (Å²) < 4.78 is 5.71. The predicted molar refractivity (Wildman–Crippen MR) is 86.8 cm³/mol. The van der Waals surface area contributed by atoms with E-state index in [-0.39, 0.29) is 0 Å². The number of aromatic nitrogens is 2. The highest BCUT2D eigenvalue weighted by Gasteiger charge is 2.20. The molecule has 1 aromatic carbocycles. The molecule has 0 amide bonds. The van der Waals surface area contributed by atoms with Crippen LogP contribution in [-0.4, -0.2) is 41.1 Å². The van der Waals surface area contributed by atoms with E-state index in [9.17, 15) is 0 Å². The second-order valence-corrected chi connectivity index (χ2v) is 5.89. The van der Waals surface area contributed by atoms with Gasteiger partial charge in [0.25, 0.3) is 0 Å². The Labute approximate surface area is 132 Å². The maximum atomic E-state index is 5.71. The summed E-state index contributed by atoms with van der Waals surface area (Å²) >= 11 is 0. The SMILES string of the molecule is c1ccc(CCN2CCCC(COc3ncccn3)C2)cc1. The first-order chi connectivity index (χ1) is 10.9. The van der Waals surface area contributed by atoms with Gasteiger partial charge >= 0.3 is 6.01 Å². The Balaban J connectivity index is 1.43. The van der Waals surface area contributed by atoms with Crippen LogP contribution in [0.1, 0.15) is 18.4 Å². The molecule has 3 rings (SSSR count). The van der Waals surface area contributed by atoms with Gasteiger partial charge in [0.15, 0.2) is 0 Å². The second kappa shape index (κ2) is 7.90. The summed E-state index contributed by atoms with van der Waals surface area (Å²) in [6.45, 7) is 4.15. The Morgan fingerprint density at radius 2 is 1.91 bits per heavy atom. The van der Waals surface area contributed by atoms with Crippen LogP contribution in [-0.2, 0) is 6.42 Å². The van der Waals surface area contributed by atoms with E-state index in [1.54, 1.807) is 18.5 Å². The number of hydrogen-bond acceptors (Lipinski definition) is 4. The highest BCUT2D eigenvalue weighted by molar-refractivity contribution is 5.14. The maximum absolute atomic E-state index is 5.71. The first-order valence-corrected chi connectivity index (χ1v) is 8.06. The molecule has 1 atom stereocenters. The number of piperidine rings is 1. The van der Waals surface area contributed by atoms with E-state index in [0.717, 1.165) is 19.5 Å². The Kier molecular flexibility index (Phi) is 5.37. The van der Waals surface area contributed by atoms with Crippen molar-refractivity contribution in [1.29, 1.82) is 0 Å². The fourth-order valence-corrected chi connectivity index (χ4v) is 2.97. The molecule has 1 fully saturated rings. The van der Waals surface area contributed by atoms with Gasteiger partial charge < -0.3 is 9.64 Å². The van der Waals surface area contributed by atoms with E-state index in [4.69, 9.17) is 4.74 Å². The third-order valence-electron chi connectivity index (χ3n) is 4.15. The minimum Gasteiger partial charge on any atom is -0.463 e. The molecule has 0 saturated carbocycles. The summed E-state index contributed by atoms with van der Waals surface area (Å²) in [4.78, 5) is 10.8. The molecule has 0 spiro atoms. The van der Waals surface area contributed by atoms with Gasteiger partial charge in [-0.25, -0.2) is 9.97 Å². The number of rotatable bonds is 6. The third kappa shape index (κ3) is 4.53. The Hall–Kier alpha value is -1.94. The van der Waals surface area contributed by atoms with Gasteiger partial charge in [0.2, 0.25) is 0 Å². The normalized spacial score (nSPS) is 19.0. The molecular weight excluding hydrogens is 274 g/mol. The minimum absolute atomic E-state index is 0.490. The molecule has 2 aromatic rings. The topological polar surface area (TPSA) is 38.2 Å². The van der Waals surface area contributed by atoms with E-state index in [1.165, 1.54) is 24.9 Å². The van der Waals surface area contributed by atoms with Crippen LogP contribution in [0, 0.1) is 5.92 Å². The van der Waals surface area contributed by atoms with Crippen molar-refractivity contribution in [3.05, 3.63) is 54.4 Å². The fourth-order valence-electron chi connectivity index (χ4n) is 2.97. The predicted octanol–water partition coefficient (Wildman–Crippen LogP) is 2.81. The van der Waals surface area contributed by atoms with Gasteiger partial charge in [0.05, 0.1) is 6.61 Å². The Morgan fingerprint density at radius 1 is 1.09 bits per heavy atom. The van der Waals surface area contributed by atoms with Crippen molar-refractivity contribution in [1.82, 2.24) is 14.9 Å². The molecule has 0 radical (unpaired) electrons. The largest absolute Gasteiger partial charge is 0.463 e. The molecule has 2 heterocycles. The number of ether oxygens (including phenoxy) is 1. The van der Waals surface area contributed by atoms with E-state index >= 15 is 0 Å². The van der Waals surface area contributed by atoms with Crippen LogP contribution in [0.2, 0.25) is 0 Å². The van der Waals surface area contributed by atoms with Crippen LogP contribution in [0.25, 0.3) is 0 Å². The lowest BCUT2D eigenvalue weighted by Crippen LogP contribution is -2.38. The van der Waals surface area contributed by atoms with Crippen LogP contribution < -0.4 is 4.74 Å². The molecule has 0 N–H and O–H groups in total. The highest BCUT2D eigenvalue weighted by atomic mass is 16.5.